The van der Waals surface area contributed by atoms with Crippen molar-refractivity contribution in [3.8, 4) is 17.2 Å². The maximum atomic E-state index is 9.93. The predicted octanol–water partition coefficient (Wildman–Crippen LogP) is 3.34. The Morgan fingerprint density at radius 3 is 2.64 bits per heavy atom. The molecular formula is C18H23N3O3S. The van der Waals surface area contributed by atoms with Gasteiger partial charge in [0, 0.05) is 10.9 Å². The Morgan fingerprint density at radius 1 is 1.16 bits per heavy atom. The van der Waals surface area contributed by atoms with E-state index in [1.165, 1.54) is 37.6 Å². The monoisotopic (exact) mass is 361 g/mol. The lowest BCUT2D eigenvalue weighted by molar-refractivity contribution is 0.367. The molecule has 6 nitrogen and oxygen atoms in total. The maximum Gasteiger partial charge on any atom is 0.206 e. The molecule has 25 heavy (non-hydrogen) atoms. The molecule has 7 heteroatoms. The fraction of sp³-hybridized carbons (Fsp3) is 0.444. The lowest BCUT2D eigenvalue weighted by Crippen LogP contribution is -2.19. The number of nitrogens with zero attached hydrogens (tertiary/aromatic N) is 3. The number of phenolic OH excluding ortho intramolecular Hbond substituents is 3. The summed E-state index contributed by atoms with van der Waals surface area (Å²) < 4.78 is 1.79. The Balaban J connectivity index is 1.95. The number of thiazole rings is 1. The summed E-state index contributed by atoms with van der Waals surface area (Å²) >= 11 is 1.57. The molecule has 1 aliphatic carbocycles. The number of aromatic hydroxyl groups is 3. The van der Waals surface area contributed by atoms with Gasteiger partial charge in [-0.25, -0.2) is 4.68 Å². The van der Waals surface area contributed by atoms with Crippen molar-refractivity contribution in [2.24, 2.45) is 10.1 Å². The van der Waals surface area contributed by atoms with Gasteiger partial charge >= 0.3 is 0 Å². The average molecular weight is 361 g/mol. The average Bonchev–Trinajstić information content (AvgIpc) is 3.01. The molecule has 0 radical (unpaired) electrons. The second-order valence-corrected chi connectivity index (χ2v) is 7.05. The second-order valence-electron chi connectivity index (χ2n) is 6.21. The third-order valence-corrected chi connectivity index (χ3v) is 5.34. The van der Waals surface area contributed by atoms with E-state index < -0.39 is 5.75 Å². The Kier molecular flexibility index (Phi) is 5.43. The summed E-state index contributed by atoms with van der Waals surface area (Å²) in [5.41, 5.74) is 1.37. The molecule has 1 heterocycles. The van der Waals surface area contributed by atoms with Crippen LogP contribution in [0.4, 0.5) is 0 Å². The van der Waals surface area contributed by atoms with Gasteiger partial charge in [0.25, 0.3) is 0 Å². The van der Waals surface area contributed by atoms with Crippen LogP contribution >= 0.6 is 11.3 Å². The zero-order chi connectivity index (χ0) is 17.8. The van der Waals surface area contributed by atoms with Crippen molar-refractivity contribution in [1.29, 1.82) is 0 Å². The number of aryl methyl sites for hydroxylation is 1. The van der Waals surface area contributed by atoms with Crippen molar-refractivity contribution in [1.82, 2.24) is 4.68 Å². The van der Waals surface area contributed by atoms with Crippen molar-refractivity contribution in [3.05, 3.63) is 33.6 Å². The summed E-state index contributed by atoms with van der Waals surface area (Å²) in [5, 5.41) is 35.5. The standard InChI is InChI=1S/C18H23N3O3S/c1-2-14-11-25-18(20-13-6-4-3-5-7-13)21(14)19-10-12-8-9-15(22)17(24)16(12)23/h8-11,13,22-24H,2-7H2,1H3. The number of hydrogen-bond donors (Lipinski definition) is 3. The first-order valence-electron chi connectivity index (χ1n) is 8.61. The Morgan fingerprint density at radius 2 is 1.92 bits per heavy atom. The van der Waals surface area contributed by atoms with E-state index in [0.717, 1.165) is 29.8 Å². The molecule has 1 aromatic carbocycles. The highest BCUT2D eigenvalue weighted by molar-refractivity contribution is 7.07. The Bertz CT molecular complexity index is 833. The molecule has 0 atom stereocenters. The largest absolute Gasteiger partial charge is 0.504 e. The SMILES string of the molecule is CCc1csc(=NC2CCCCC2)n1N=Cc1ccc(O)c(O)c1O. The highest BCUT2D eigenvalue weighted by Crippen LogP contribution is 2.36. The zero-order valence-electron chi connectivity index (χ0n) is 14.2. The molecule has 0 amide bonds. The van der Waals surface area contributed by atoms with Gasteiger partial charge in [-0.3, -0.25) is 4.99 Å². The number of aromatic nitrogens is 1. The fourth-order valence-corrected chi connectivity index (χ4v) is 3.94. The number of hydrogen-bond acceptors (Lipinski definition) is 6. The molecule has 1 aromatic heterocycles. The van der Waals surface area contributed by atoms with E-state index in [1.807, 2.05) is 5.38 Å². The van der Waals surface area contributed by atoms with Gasteiger partial charge in [-0.05, 0) is 31.4 Å². The summed E-state index contributed by atoms with van der Waals surface area (Å²) in [4.78, 5) is 5.72. The third kappa shape index (κ3) is 3.87. The number of phenols is 3. The first kappa shape index (κ1) is 17.5. The lowest BCUT2D eigenvalue weighted by Gasteiger charge is -2.16. The molecule has 1 aliphatic rings. The first-order chi connectivity index (χ1) is 12.1. The van der Waals surface area contributed by atoms with Crippen LogP contribution < -0.4 is 4.80 Å². The molecule has 3 rings (SSSR count). The first-order valence-corrected chi connectivity index (χ1v) is 9.49. The molecule has 134 valence electrons. The second kappa shape index (κ2) is 7.74. The Labute approximate surface area is 150 Å². The minimum atomic E-state index is -0.540. The van der Waals surface area contributed by atoms with Crippen LogP contribution in [0, 0.1) is 0 Å². The Hall–Kier alpha value is -2.28. The van der Waals surface area contributed by atoms with Crippen LogP contribution in [-0.4, -0.2) is 32.3 Å². The van der Waals surface area contributed by atoms with Gasteiger partial charge in [0.2, 0.25) is 10.6 Å². The number of benzene rings is 1. The summed E-state index contributed by atoms with van der Waals surface area (Å²) in [6.45, 7) is 2.06. The van der Waals surface area contributed by atoms with Gasteiger partial charge in [-0.1, -0.05) is 26.2 Å². The van der Waals surface area contributed by atoms with Crippen molar-refractivity contribution in [3.63, 3.8) is 0 Å². The molecule has 0 saturated heterocycles. The molecule has 2 aromatic rings. The van der Waals surface area contributed by atoms with Crippen LogP contribution in [0.3, 0.4) is 0 Å². The quantitative estimate of drug-likeness (QED) is 0.576. The van der Waals surface area contributed by atoms with Crippen LogP contribution in [0.2, 0.25) is 0 Å². The molecule has 1 saturated carbocycles. The van der Waals surface area contributed by atoms with E-state index in [0.29, 0.717) is 11.6 Å². The van der Waals surface area contributed by atoms with E-state index in [1.54, 1.807) is 16.0 Å². The van der Waals surface area contributed by atoms with E-state index in [2.05, 4.69) is 12.0 Å². The normalized spacial score (nSPS) is 16.8. The van der Waals surface area contributed by atoms with E-state index in [-0.39, 0.29) is 11.5 Å². The lowest BCUT2D eigenvalue weighted by atomic mass is 9.96. The summed E-state index contributed by atoms with van der Waals surface area (Å²) in [6.07, 6.45) is 8.28. The van der Waals surface area contributed by atoms with E-state index in [4.69, 9.17) is 4.99 Å². The zero-order valence-corrected chi connectivity index (χ0v) is 15.0. The van der Waals surface area contributed by atoms with Crippen LogP contribution in [0.5, 0.6) is 17.2 Å². The highest BCUT2D eigenvalue weighted by Gasteiger charge is 2.13. The third-order valence-electron chi connectivity index (χ3n) is 4.46. The van der Waals surface area contributed by atoms with E-state index >= 15 is 0 Å². The predicted molar refractivity (Wildman–Crippen MR) is 98.6 cm³/mol. The molecule has 3 N–H and O–H groups in total. The maximum absolute atomic E-state index is 9.93. The van der Waals surface area contributed by atoms with Gasteiger partial charge in [0.05, 0.1) is 18.0 Å². The molecule has 0 bridgehead atoms. The van der Waals surface area contributed by atoms with Crippen molar-refractivity contribution < 1.29 is 15.3 Å². The molecule has 0 aliphatic heterocycles. The van der Waals surface area contributed by atoms with Crippen molar-refractivity contribution >= 4 is 17.6 Å². The van der Waals surface area contributed by atoms with Crippen LogP contribution in [0.25, 0.3) is 0 Å². The minimum Gasteiger partial charge on any atom is -0.504 e. The smallest absolute Gasteiger partial charge is 0.206 e. The fourth-order valence-electron chi connectivity index (χ4n) is 2.96. The van der Waals surface area contributed by atoms with Gasteiger partial charge in [0.15, 0.2) is 11.5 Å². The van der Waals surface area contributed by atoms with Crippen molar-refractivity contribution in [2.45, 2.75) is 51.5 Å². The molecule has 0 spiro atoms. The highest BCUT2D eigenvalue weighted by atomic mass is 32.1. The van der Waals surface area contributed by atoms with Crippen molar-refractivity contribution in [2.75, 3.05) is 0 Å². The van der Waals surface area contributed by atoms with Crippen LogP contribution in [0.1, 0.15) is 50.3 Å². The van der Waals surface area contributed by atoms with Crippen LogP contribution in [-0.2, 0) is 6.42 Å². The van der Waals surface area contributed by atoms with E-state index in [9.17, 15) is 15.3 Å². The van der Waals surface area contributed by atoms with Gasteiger partial charge in [-0.15, -0.1) is 11.3 Å². The van der Waals surface area contributed by atoms with Gasteiger partial charge < -0.3 is 15.3 Å². The van der Waals surface area contributed by atoms with Crippen LogP contribution in [0.15, 0.2) is 27.6 Å². The number of rotatable bonds is 4. The summed E-state index contributed by atoms with van der Waals surface area (Å²) in [6, 6.07) is 3.18. The molecule has 0 unspecified atom stereocenters. The topological polar surface area (TPSA) is 90.3 Å². The molecule has 1 fully saturated rings. The summed E-state index contributed by atoms with van der Waals surface area (Å²) in [5.74, 6) is -1.29. The van der Waals surface area contributed by atoms with Gasteiger partial charge in [-0.2, -0.15) is 5.10 Å². The molecular weight excluding hydrogens is 338 g/mol. The minimum absolute atomic E-state index is 0.333. The summed E-state index contributed by atoms with van der Waals surface area (Å²) in [7, 11) is 0. The van der Waals surface area contributed by atoms with Gasteiger partial charge in [0.1, 0.15) is 0 Å².